The lowest BCUT2D eigenvalue weighted by atomic mass is 10.4. The number of halogens is 1. The molecule has 1 atom stereocenters. The van der Waals surface area contributed by atoms with Gasteiger partial charge in [0, 0.05) is 0 Å². The first-order valence-electron chi connectivity index (χ1n) is 2.31. The molecule has 0 aliphatic carbocycles. The van der Waals surface area contributed by atoms with Gasteiger partial charge in [-0.2, -0.15) is 0 Å². The minimum absolute atomic E-state index is 0. The van der Waals surface area contributed by atoms with E-state index in [0.717, 1.165) is 19.4 Å². The second-order valence-electron chi connectivity index (χ2n) is 1.61. The molecular weight excluding hydrogens is 114 g/mol. The summed E-state index contributed by atoms with van der Waals surface area (Å²) in [4.78, 5) is 0. The van der Waals surface area contributed by atoms with Gasteiger partial charge >= 0.3 is 0 Å². The van der Waals surface area contributed by atoms with Crippen LogP contribution in [0.5, 0.6) is 0 Å². The largest absolute Gasteiger partial charge is 0.379 e. The van der Waals surface area contributed by atoms with Crippen LogP contribution in [0.25, 0.3) is 0 Å². The molecule has 2 N–H and O–H groups in total. The Bertz CT molecular complexity index is 45.0. The molecule has 0 aromatic carbocycles. The lowest BCUT2D eigenvalue weighted by Crippen LogP contribution is -2.19. The highest BCUT2D eigenvalue weighted by molar-refractivity contribution is 5.85. The van der Waals surface area contributed by atoms with E-state index in [9.17, 15) is 0 Å². The molecule has 0 aromatic heterocycles. The maximum absolute atomic E-state index is 8.62. The Morgan fingerprint density at radius 3 is 2.43 bits per heavy atom. The Hall–Kier alpha value is 0.210. The van der Waals surface area contributed by atoms with Gasteiger partial charge in [0.1, 0.15) is 6.23 Å². The summed E-state index contributed by atoms with van der Waals surface area (Å²) in [5.74, 6) is 0. The molecule has 0 radical (unpaired) electrons. The first-order valence-corrected chi connectivity index (χ1v) is 2.31. The van der Waals surface area contributed by atoms with Gasteiger partial charge in [0.25, 0.3) is 0 Å². The minimum atomic E-state index is -0.204. The van der Waals surface area contributed by atoms with Crippen LogP contribution in [-0.2, 0) is 0 Å². The molecule has 0 bridgehead atoms. The van der Waals surface area contributed by atoms with Gasteiger partial charge in [-0.15, -0.1) is 12.4 Å². The van der Waals surface area contributed by atoms with Gasteiger partial charge < -0.3 is 5.11 Å². The van der Waals surface area contributed by atoms with Crippen molar-refractivity contribution in [2.45, 2.75) is 19.1 Å². The van der Waals surface area contributed by atoms with Crippen LogP contribution in [0.2, 0.25) is 0 Å². The highest BCUT2D eigenvalue weighted by Crippen LogP contribution is 1.98. The van der Waals surface area contributed by atoms with Crippen LogP contribution in [-0.4, -0.2) is 17.9 Å². The van der Waals surface area contributed by atoms with Crippen molar-refractivity contribution in [1.29, 1.82) is 0 Å². The van der Waals surface area contributed by atoms with E-state index in [4.69, 9.17) is 5.11 Å². The standard InChI is InChI=1S/C4H9NO.ClH/c6-4-2-1-3-5-4;/h4-6H,1-3H2;1H/t4-;/m1./s1. The average Bonchev–Trinajstić information content (AvgIpc) is 1.86. The third-order valence-electron chi connectivity index (χ3n) is 1.03. The molecular formula is C4H10ClNO. The highest BCUT2D eigenvalue weighted by Gasteiger charge is 2.07. The van der Waals surface area contributed by atoms with Crippen molar-refractivity contribution >= 4 is 12.4 Å². The minimum Gasteiger partial charge on any atom is -0.379 e. The first-order chi connectivity index (χ1) is 2.89. The fourth-order valence-electron chi connectivity index (χ4n) is 0.666. The predicted octanol–water partition coefficient (Wildman–Crippen LogP) is 0.110. The van der Waals surface area contributed by atoms with E-state index < -0.39 is 0 Å². The number of hydrogen-bond donors (Lipinski definition) is 2. The average molecular weight is 124 g/mol. The maximum Gasteiger partial charge on any atom is 0.104 e. The van der Waals surface area contributed by atoms with Gasteiger partial charge in [-0.25, -0.2) is 0 Å². The Kier molecular flexibility index (Phi) is 3.34. The molecule has 0 spiro atoms. The van der Waals surface area contributed by atoms with Crippen LogP contribution in [0.15, 0.2) is 0 Å². The van der Waals surface area contributed by atoms with Gasteiger partial charge in [0.2, 0.25) is 0 Å². The molecule has 1 fully saturated rings. The second-order valence-corrected chi connectivity index (χ2v) is 1.61. The van der Waals surface area contributed by atoms with Crippen molar-refractivity contribution in [3.05, 3.63) is 0 Å². The predicted molar refractivity (Wildman–Crippen MR) is 30.5 cm³/mol. The Labute approximate surface area is 49.3 Å². The van der Waals surface area contributed by atoms with E-state index in [1.54, 1.807) is 0 Å². The molecule has 7 heavy (non-hydrogen) atoms. The van der Waals surface area contributed by atoms with E-state index >= 15 is 0 Å². The lowest BCUT2D eigenvalue weighted by Gasteiger charge is -1.94. The van der Waals surface area contributed by atoms with Gasteiger partial charge in [0.05, 0.1) is 0 Å². The van der Waals surface area contributed by atoms with Gasteiger partial charge in [0.15, 0.2) is 0 Å². The third-order valence-corrected chi connectivity index (χ3v) is 1.03. The van der Waals surface area contributed by atoms with Crippen molar-refractivity contribution in [3.8, 4) is 0 Å². The van der Waals surface area contributed by atoms with E-state index in [-0.39, 0.29) is 18.6 Å². The van der Waals surface area contributed by atoms with E-state index in [1.165, 1.54) is 0 Å². The number of aliphatic hydroxyl groups excluding tert-OH is 1. The van der Waals surface area contributed by atoms with Crippen LogP contribution >= 0.6 is 12.4 Å². The maximum atomic E-state index is 8.62. The van der Waals surface area contributed by atoms with Gasteiger partial charge in [-0.3, -0.25) is 5.32 Å². The van der Waals surface area contributed by atoms with Gasteiger partial charge in [-0.05, 0) is 19.4 Å². The van der Waals surface area contributed by atoms with E-state index in [2.05, 4.69) is 5.32 Å². The van der Waals surface area contributed by atoms with E-state index in [0.29, 0.717) is 0 Å². The number of nitrogens with one attached hydrogen (secondary N) is 1. The van der Waals surface area contributed by atoms with Gasteiger partial charge in [-0.1, -0.05) is 0 Å². The van der Waals surface area contributed by atoms with Crippen LogP contribution < -0.4 is 5.32 Å². The normalized spacial score (nSPS) is 29.6. The molecule has 0 aromatic rings. The zero-order chi connectivity index (χ0) is 4.41. The lowest BCUT2D eigenvalue weighted by molar-refractivity contribution is 0.160. The van der Waals surface area contributed by atoms with E-state index in [1.807, 2.05) is 0 Å². The molecule has 3 heteroatoms. The number of hydrogen-bond acceptors (Lipinski definition) is 2. The number of aliphatic hydroxyl groups is 1. The Morgan fingerprint density at radius 1 is 1.57 bits per heavy atom. The monoisotopic (exact) mass is 123 g/mol. The summed E-state index contributed by atoms with van der Waals surface area (Å²) in [5, 5.41) is 11.5. The quantitative estimate of drug-likeness (QED) is 0.479. The molecule has 1 heterocycles. The zero-order valence-electron chi connectivity index (χ0n) is 4.05. The van der Waals surface area contributed by atoms with Crippen molar-refractivity contribution in [2.24, 2.45) is 0 Å². The third kappa shape index (κ3) is 2.12. The summed E-state index contributed by atoms with van der Waals surface area (Å²) in [6.45, 7) is 0.987. The molecule has 1 aliphatic rings. The fraction of sp³-hybridized carbons (Fsp3) is 1.00. The summed E-state index contributed by atoms with van der Waals surface area (Å²) in [6, 6.07) is 0. The molecule has 0 saturated carbocycles. The van der Waals surface area contributed by atoms with Crippen LogP contribution in [0.3, 0.4) is 0 Å². The highest BCUT2D eigenvalue weighted by atomic mass is 35.5. The Morgan fingerprint density at radius 2 is 2.29 bits per heavy atom. The van der Waals surface area contributed by atoms with Crippen LogP contribution in [0.4, 0.5) is 0 Å². The SMILES string of the molecule is Cl.O[C@@H]1CCCN1. The Balaban J connectivity index is 0.000000360. The zero-order valence-corrected chi connectivity index (χ0v) is 4.87. The topological polar surface area (TPSA) is 32.3 Å². The summed E-state index contributed by atoms with van der Waals surface area (Å²) in [5.41, 5.74) is 0. The molecule has 1 saturated heterocycles. The van der Waals surface area contributed by atoms with Crippen molar-refractivity contribution in [1.82, 2.24) is 5.32 Å². The number of rotatable bonds is 0. The molecule has 1 rings (SSSR count). The molecule has 1 aliphatic heterocycles. The smallest absolute Gasteiger partial charge is 0.104 e. The molecule has 44 valence electrons. The van der Waals surface area contributed by atoms with Crippen LogP contribution in [0, 0.1) is 0 Å². The van der Waals surface area contributed by atoms with Crippen molar-refractivity contribution < 1.29 is 5.11 Å². The summed E-state index contributed by atoms with van der Waals surface area (Å²) in [6.07, 6.45) is 1.85. The van der Waals surface area contributed by atoms with Crippen molar-refractivity contribution in [3.63, 3.8) is 0 Å². The van der Waals surface area contributed by atoms with Crippen molar-refractivity contribution in [2.75, 3.05) is 6.54 Å². The first kappa shape index (κ1) is 7.21. The summed E-state index contributed by atoms with van der Waals surface area (Å²) >= 11 is 0. The second kappa shape index (κ2) is 3.24. The summed E-state index contributed by atoms with van der Waals surface area (Å²) in [7, 11) is 0. The molecule has 0 amide bonds. The van der Waals surface area contributed by atoms with Crippen LogP contribution in [0.1, 0.15) is 12.8 Å². The summed E-state index contributed by atoms with van der Waals surface area (Å²) < 4.78 is 0. The molecule has 2 nitrogen and oxygen atoms in total. The molecule has 0 unspecified atom stereocenters. The fourth-order valence-corrected chi connectivity index (χ4v) is 0.666.